The maximum atomic E-state index is 12.0. The fourth-order valence-electron chi connectivity index (χ4n) is 2.22. The van der Waals surface area contributed by atoms with Crippen LogP contribution in [0.5, 0.6) is 0 Å². The van der Waals surface area contributed by atoms with Crippen LogP contribution in [0, 0.1) is 0 Å². The SMILES string of the molecule is CC(C)OC(=O)C1=C(O)CN(C(=O)OCc2ccccc2)CC1.Cl. The van der Waals surface area contributed by atoms with Gasteiger partial charge in [0.25, 0.3) is 0 Å². The van der Waals surface area contributed by atoms with Gasteiger partial charge in [-0.2, -0.15) is 0 Å². The summed E-state index contributed by atoms with van der Waals surface area (Å²) in [5.74, 6) is -0.673. The molecule has 1 aliphatic heterocycles. The first-order valence-electron chi connectivity index (χ1n) is 7.55. The van der Waals surface area contributed by atoms with Gasteiger partial charge in [0.15, 0.2) is 0 Å². The average molecular weight is 356 g/mol. The van der Waals surface area contributed by atoms with Gasteiger partial charge >= 0.3 is 12.1 Å². The highest BCUT2D eigenvalue weighted by Gasteiger charge is 2.28. The standard InChI is InChI=1S/C17H21NO5.ClH/c1-12(2)23-16(20)14-8-9-18(10-15(14)19)17(21)22-11-13-6-4-3-5-7-13;/h3-7,12,19H,8-11H2,1-2H3;1H. The summed E-state index contributed by atoms with van der Waals surface area (Å²) in [4.78, 5) is 25.2. The molecule has 0 unspecified atom stereocenters. The van der Waals surface area contributed by atoms with Gasteiger partial charge in [0.05, 0.1) is 18.2 Å². The molecular formula is C17H22ClNO5. The smallest absolute Gasteiger partial charge is 0.410 e. The molecule has 0 aromatic heterocycles. The maximum absolute atomic E-state index is 12.0. The van der Waals surface area contributed by atoms with Gasteiger partial charge in [0, 0.05) is 13.0 Å². The average Bonchev–Trinajstić information content (AvgIpc) is 2.52. The van der Waals surface area contributed by atoms with E-state index in [9.17, 15) is 14.7 Å². The molecule has 1 heterocycles. The summed E-state index contributed by atoms with van der Waals surface area (Å²) in [6, 6.07) is 9.34. The van der Waals surface area contributed by atoms with E-state index in [-0.39, 0.29) is 49.4 Å². The Morgan fingerprint density at radius 1 is 1.25 bits per heavy atom. The van der Waals surface area contributed by atoms with Gasteiger partial charge in [0.1, 0.15) is 12.4 Å². The minimum absolute atomic E-state index is 0. The van der Waals surface area contributed by atoms with Crippen LogP contribution in [0.1, 0.15) is 25.8 Å². The van der Waals surface area contributed by atoms with Crippen LogP contribution in [0.4, 0.5) is 4.79 Å². The first kappa shape index (κ1) is 19.8. The quantitative estimate of drug-likeness (QED) is 0.839. The third-order valence-electron chi connectivity index (χ3n) is 3.37. The van der Waals surface area contributed by atoms with Gasteiger partial charge in [-0.1, -0.05) is 30.3 Å². The van der Waals surface area contributed by atoms with Crippen molar-refractivity contribution in [1.29, 1.82) is 0 Å². The Morgan fingerprint density at radius 2 is 1.92 bits per heavy atom. The number of nitrogens with zero attached hydrogens (tertiary/aromatic N) is 1. The first-order valence-corrected chi connectivity index (χ1v) is 7.55. The Balaban J connectivity index is 0.00000288. The van der Waals surface area contributed by atoms with E-state index in [1.807, 2.05) is 30.3 Å². The Bertz CT molecular complexity index is 600. The Kier molecular flexibility index (Phi) is 7.58. The second kappa shape index (κ2) is 9.17. The monoisotopic (exact) mass is 355 g/mol. The zero-order valence-electron chi connectivity index (χ0n) is 13.7. The fourth-order valence-corrected chi connectivity index (χ4v) is 2.22. The van der Waals surface area contributed by atoms with Gasteiger partial charge in [-0.25, -0.2) is 9.59 Å². The first-order chi connectivity index (χ1) is 11.0. The number of hydrogen-bond donors (Lipinski definition) is 1. The molecule has 0 aliphatic carbocycles. The van der Waals surface area contributed by atoms with Crippen molar-refractivity contribution in [2.24, 2.45) is 0 Å². The van der Waals surface area contributed by atoms with Crippen molar-refractivity contribution in [2.45, 2.75) is 33.0 Å². The number of halogens is 1. The maximum Gasteiger partial charge on any atom is 0.410 e. The Hall–Kier alpha value is -2.21. The van der Waals surface area contributed by atoms with E-state index in [0.717, 1.165) is 5.56 Å². The number of esters is 1. The number of ether oxygens (including phenoxy) is 2. The number of carbonyl (C=O) groups excluding carboxylic acids is 2. The van der Waals surface area contributed by atoms with Crippen molar-refractivity contribution in [2.75, 3.05) is 13.1 Å². The molecule has 0 radical (unpaired) electrons. The molecule has 0 saturated carbocycles. The summed E-state index contributed by atoms with van der Waals surface area (Å²) < 4.78 is 10.3. The van der Waals surface area contributed by atoms with E-state index >= 15 is 0 Å². The molecule has 0 bridgehead atoms. The minimum atomic E-state index is -0.533. The summed E-state index contributed by atoms with van der Waals surface area (Å²) in [5.41, 5.74) is 1.12. The minimum Gasteiger partial charge on any atom is -0.510 e. The fraction of sp³-hybridized carbons (Fsp3) is 0.412. The highest BCUT2D eigenvalue weighted by atomic mass is 35.5. The van der Waals surface area contributed by atoms with E-state index in [1.54, 1.807) is 13.8 Å². The number of amides is 1. The number of hydrogen-bond acceptors (Lipinski definition) is 5. The van der Waals surface area contributed by atoms with Crippen LogP contribution in [-0.4, -0.2) is 41.3 Å². The summed E-state index contributed by atoms with van der Waals surface area (Å²) in [6.07, 6.45) is -0.522. The van der Waals surface area contributed by atoms with Gasteiger partial charge in [0.2, 0.25) is 0 Å². The number of aliphatic hydroxyl groups excluding tert-OH is 1. The van der Waals surface area contributed by atoms with E-state index < -0.39 is 12.1 Å². The molecule has 6 nitrogen and oxygen atoms in total. The predicted molar refractivity (Wildman–Crippen MR) is 90.9 cm³/mol. The molecule has 24 heavy (non-hydrogen) atoms. The third kappa shape index (κ3) is 5.45. The predicted octanol–water partition coefficient (Wildman–Crippen LogP) is 3.21. The lowest BCUT2D eigenvalue weighted by Gasteiger charge is -2.27. The van der Waals surface area contributed by atoms with E-state index in [4.69, 9.17) is 9.47 Å². The number of rotatable bonds is 4. The molecule has 0 fully saturated rings. The molecule has 132 valence electrons. The molecule has 0 atom stereocenters. The number of carbonyl (C=O) groups is 2. The molecule has 1 aromatic rings. The zero-order chi connectivity index (χ0) is 16.8. The van der Waals surface area contributed by atoms with Gasteiger partial charge in [-0.3, -0.25) is 0 Å². The second-order valence-electron chi connectivity index (χ2n) is 5.59. The van der Waals surface area contributed by atoms with Crippen molar-refractivity contribution in [3.05, 3.63) is 47.2 Å². The second-order valence-corrected chi connectivity index (χ2v) is 5.59. The molecule has 1 aliphatic rings. The van der Waals surface area contributed by atoms with Crippen LogP contribution in [0.3, 0.4) is 0 Å². The van der Waals surface area contributed by atoms with Gasteiger partial charge in [-0.05, 0) is 19.4 Å². The van der Waals surface area contributed by atoms with Crippen LogP contribution < -0.4 is 0 Å². The third-order valence-corrected chi connectivity index (χ3v) is 3.37. The zero-order valence-corrected chi connectivity index (χ0v) is 14.5. The van der Waals surface area contributed by atoms with Crippen LogP contribution in [-0.2, 0) is 20.9 Å². The normalized spacial score (nSPS) is 14.2. The largest absolute Gasteiger partial charge is 0.510 e. The molecule has 1 amide bonds. The lowest BCUT2D eigenvalue weighted by atomic mass is 10.1. The molecule has 0 spiro atoms. The number of benzene rings is 1. The van der Waals surface area contributed by atoms with Crippen LogP contribution in [0.25, 0.3) is 0 Å². The molecular weight excluding hydrogens is 334 g/mol. The van der Waals surface area contributed by atoms with Crippen molar-refractivity contribution in [1.82, 2.24) is 4.90 Å². The van der Waals surface area contributed by atoms with E-state index in [2.05, 4.69) is 0 Å². The van der Waals surface area contributed by atoms with Gasteiger partial charge in [-0.15, -0.1) is 12.4 Å². The van der Waals surface area contributed by atoms with Crippen LogP contribution in [0.15, 0.2) is 41.7 Å². The Labute approximate surface area is 147 Å². The molecule has 2 rings (SSSR count). The molecule has 1 aromatic carbocycles. The summed E-state index contributed by atoms with van der Waals surface area (Å²) in [6.45, 7) is 3.91. The van der Waals surface area contributed by atoms with Gasteiger partial charge < -0.3 is 19.5 Å². The summed E-state index contributed by atoms with van der Waals surface area (Å²) in [5, 5.41) is 9.99. The van der Waals surface area contributed by atoms with E-state index in [0.29, 0.717) is 6.54 Å². The van der Waals surface area contributed by atoms with Crippen molar-refractivity contribution < 1.29 is 24.2 Å². The summed E-state index contributed by atoms with van der Waals surface area (Å²) >= 11 is 0. The van der Waals surface area contributed by atoms with Crippen molar-refractivity contribution in [3.8, 4) is 0 Å². The van der Waals surface area contributed by atoms with Crippen molar-refractivity contribution in [3.63, 3.8) is 0 Å². The topological polar surface area (TPSA) is 76.1 Å². The van der Waals surface area contributed by atoms with Crippen LogP contribution in [0.2, 0.25) is 0 Å². The molecule has 1 N–H and O–H groups in total. The lowest BCUT2D eigenvalue weighted by Crippen LogP contribution is -2.38. The molecule has 0 saturated heterocycles. The van der Waals surface area contributed by atoms with Crippen molar-refractivity contribution >= 4 is 24.5 Å². The van der Waals surface area contributed by atoms with Crippen LogP contribution >= 0.6 is 12.4 Å². The highest BCUT2D eigenvalue weighted by molar-refractivity contribution is 5.89. The lowest BCUT2D eigenvalue weighted by molar-refractivity contribution is -0.143. The summed E-state index contributed by atoms with van der Waals surface area (Å²) in [7, 11) is 0. The number of aliphatic hydroxyl groups is 1. The Morgan fingerprint density at radius 3 is 2.50 bits per heavy atom. The van der Waals surface area contributed by atoms with E-state index in [1.165, 1.54) is 4.90 Å². The molecule has 7 heteroatoms. The highest BCUT2D eigenvalue weighted by Crippen LogP contribution is 2.19.